The average molecular weight is 338 g/mol. The Morgan fingerprint density at radius 2 is 2.25 bits per heavy atom. The van der Waals surface area contributed by atoms with E-state index in [-0.39, 0.29) is 0 Å². The zero-order valence-electron chi connectivity index (χ0n) is 11.9. The first-order valence-electron chi connectivity index (χ1n) is 6.72. The summed E-state index contributed by atoms with van der Waals surface area (Å²) >= 11 is 3.50. The van der Waals surface area contributed by atoms with E-state index in [0.29, 0.717) is 0 Å². The van der Waals surface area contributed by atoms with Crippen LogP contribution in [0.5, 0.6) is 5.75 Å². The molecule has 1 aromatic carbocycles. The van der Waals surface area contributed by atoms with Crippen molar-refractivity contribution in [1.29, 1.82) is 0 Å². The monoisotopic (exact) mass is 337 g/mol. The van der Waals surface area contributed by atoms with Crippen LogP contribution in [0.15, 0.2) is 28.9 Å². The maximum Gasteiger partial charge on any atom is 0.133 e. The molecule has 5 heteroatoms. The first-order valence-corrected chi connectivity index (χ1v) is 7.52. The van der Waals surface area contributed by atoms with Gasteiger partial charge in [0.2, 0.25) is 0 Å². The first kappa shape index (κ1) is 15.1. The summed E-state index contributed by atoms with van der Waals surface area (Å²) in [5, 5.41) is 10.5. The molecule has 1 heterocycles. The van der Waals surface area contributed by atoms with Gasteiger partial charge < -0.3 is 10.1 Å². The number of aromatic nitrogens is 2. The van der Waals surface area contributed by atoms with E-state index in [4.69, 9.17) is 4.74 Å². The molecule has 0 fully saturated rings. The standard InChI is InChI=1S/C15H20BrN3O/c1-11-13(10-18-19-11)4-3-7-17-9-12-5-6-15(20-2)14(16)8-12/h5-6,8,10,17H,3-4,7,9H2,1-2H3,(H,18,19). The highest BCUT2D eigenvalue weighted by Crippen LogP contribution is 2.25. The van der Waals surface area contributed by atoms with Crippen LogP contribution >= 0.6 is 15.9 Å². The fraction of sp³-hybridized carbons (Fsp3) is 0.400. The van der Waals surface area contributed by atoms with Crippen molar-refractivity contribution in [3.05, 3.63) is 45.7 Å². The largest absolute Gasteiger partial charge is 0.496 e. The van der Waals surface area contributed by atoms with Crippen molar-refractivity contribution in [2.24, 2.45) is 0 Å². The Morgan fingerprint density at radius 3 is 2.90 bits per heavy atom. The van der Waals surface area contributed by atoms with Crippen LogP contribution < -0.4 is 10.1 Å². The molecular weight excluding hydrogens is 318 g/mol. The van der Waals surface area contributed by atoms with E-state index in [0.717, 1.165) is 36.2 Å². The number of hydrogen-bond donors (Lipinski definition) is 2. The second-order valence-electron chi connectivity index (χ2n) is 4.77. The molecule has 0 aliphatic rings. The summed E-state index contributed by atoms with van der Waals surface area (Å²) in [6, 6.07) is 6.15. The van der Waals surface area contributed by atoms with Crippen LogP contribution in [0, 0.1) is 6.92 Å². The van der Waals surface area contributed by atoms with Crippen LogP contribution in [0.3, 0.4) is 0 Å². The van der Waals surface area contributed by atoms with Crippen LogP contribution in [0.4, 0.5) is 0 Å². The summed E-state index contributed by atoms with van der Waals surface area (Å²) in [6.45, 7) is 3.92. The van der Waals surface area contributed by atoms with Crippen molar-refractivity contribution in [2.75, 3.05) is 13.7 Å². The number of aromatic amines is 1. The number of hydrogen-bond acceptors (Lipinski definition) is 3. The molecule has 0 amide bonds. The van der Waals surface area contributed by atoms with Crippen molar-refractivity contribution in [1.82, 2.24) is 15.5 Å². The fourth-order valence-electron chi connectivity index (χ4n) is 2.08. The Kier molecular flexibility index (Phi) is 5.61. The van der Waals surface area contributed by atoms with Crippen molar-refractivity contribution in [2.45, 2.75) is 26.3 Å². The van der Waals surface area contributed by atoms with Crippen molar-refractivity contribution in [3.63, 3.8) is 0 Å². The number of aryl methyl sites for hydroxylation is 2. The molecule has 0 spiro atoms. The van der Waals surface area contributed by atoms with Crippen LogP contribution in [0.2, 0.25) is 0 Å². The summed E-state index contributed by atoms with van der Waals surface area (Å²) in [5.74, 6) is 0.865. The predicted octanol–water partition coefficient (Wildman–Crippen LogP) is 3.21. The van der Waals surface area contributed by atoms with Gasteiger partial charge in [-0.1, -0.05) is 6.07 Å². The molecule has 0 bridgehead atoms. The van der Waals surface area contributed by atoms with Gasteiger partial charge in [-0.3, -0.25) is 5.10 Å². The zero-order valence-corrected chi connectivity index (χ0v) is 13.5. The highest BCUT2D eigenvalue weighted by atomic mass is 79.9. The number of nitrogens with one attached hydrogen (secondary N) is 2. The van der Waals surface area contributed by atoms with Crippen molar-refractivity contribution in [3.8, 4) is 5.75 Å². The third kappa shape index (κ3) is 4.08. The van der Waals surface area contributed by atoms with E-state index in [9.17, 15) is 0 Å². The Labute approximate surface area is 128 Å². The van der Waals surface area contributed by atoms with E-state index in [1.165, 1.54) is 16.8 Å². The van der Waals surface area contributed by atoms with Gasteiger partial charge in [-0.15, -0.1) is 0 Å². The molecule has 2 N–H and O–H groups in total. The molecular formula is C15H20BrN3O. The highest BCUT2D eigenvalue weighted by Gasteiger charge is 2.02. The van der Waals surface area contributed by atoms with E-state index >= 15 is 0 Å². The lowest BCUT2D eigenvalue weighted by molar-refractivity contribution is 0.412. The third-order valence-corrected chi connectivity index (χ3v) is 3.90. The lowest BCUT2D eigenvalue weighted by Crippen LogP contribution is -2.15. The molecule has 0 saturated carbocycles. The number of halogens is 1. The summed E-state index contributed by atoms with van der Waals surface area (Å²) in [7, 11) is 1.68. The van der Waals surface area contributed by atoms with Crippen LogP contribution in [-0.2, 0) is 13.0 Å². The SMILES string of the molecule is COc1ccc(CNCCCc2cn[nH]c2C)cc1Br. The molecule has 0 aliphatic heterocycles. The second kappa shape index (κ2) is 7.45. The molecule has 0 aliphatic carbocycles. The molecule has 108 valence electrons. The lowest BCUT2D eigenvalue weighted by atomic mass is 10.1. The molecule has 20 heavy (non-hydrogen) atoms. The lowest BCUT2D eigenvalue weighted by Gasteiger charge is -2.08. The number of methoxy groups -OCH3 is 1. The molecule has 2 rings (SSSR count). The summed E-state index contributed by atoms with van der Waals surface area (Å²) < 4.78 is 6.21. The second-order valence-corrected chi connectivity index (χ2v) is 5.62. The average Bonchev–Trinajstić information content (AvgIpc) is 2.84. The zero-order chi connectivity index (χ0) is 14.4. The molecule has 0 radical (unpaired) electrons. The Bertz CT molecular complexity index is 554. The number of benzene rings is 1. The summed E-state index contributed by atoms with van der Waals surface area (Å²) in [4.78, 5) is 0. The van der Waals surface area contributed by atoms with Gasteiger partial charge in [-0.2, -0.15) is 5.10 Å². The number of nitrogens with zero attached hydrogens (tertiary/aromatic N) is 1. The molecule has 1 aromatic heterocycles. The number of rotatable bonds is 7. The van der Waals surface area contributed by atoms with Gasteiger partial charge in [0.05, 0.1) is 17.8 Å². The Balaban J connectivity index is 1.71. The highest BCUT2D eigenvalue weighted by molar-refractivity contribution is 9.10. The van der Waals surface area contributed by atoms with Gasteiger partial charge in [-0.25, -0.2) is 0 Å². The maximum atomic E-state index is 5.22. The first-order chi connectivity index (χ1) is 9.70. The Morgan fingerprint density at radius 1 is 1.40 bits per heavy atom. The summed E-state index contributed by atoms with van der Waals surface area (Å²) in [6.07, 6.45) is 4.08. The predicted molar refractivity (Wildman–Crippen MR) is 84.0 cm³/mol. The third-order valence-electron chi connectivity index (χ3n) is 3.28. The van der Waals surface area contributed by atoms with Crippen molar-refractivity contribution >= 4 is 15.9 Å². The number of ether oxygens (including phenoxy) is 1. The van der Waals surface area contributed by atoms with E-state index in [1.54, 1.807) is 7.11 Å². The van der Waals surface area contributed by atoms with E-state index in [1.807, 2.05) is 12.3 Å². The normalized spacial score (nSPS) is 10.8. The van der Waals surface area contributed by atoms with Crippen LogP contribution in [-0.4, -0.2) is 23.9 Å². The molecule has 0 saturated heterocycles. The van der Waals surface area contributed by atoms with Gasteiger partial charge in [0, 0.05) is 12.2 Å². The topological polar surface area (TPSA) is 49.9 Å². The minimum absolute atomic E-state index is 0.865. The Hall–Kier alpha value is -1.33. The van der Waals surface area contributed by atoms with Gasteiger partial charge in [0.15, 0.2) is 0 Å². The minimum Gasteiger partial charge on any atom is -0.496 e. The molecule has 0 atom stereocenters. The van der Waals surface area contributed by atoms with Gasteiger partial charge in [0.25, 0.3) is 0 Å². The maximum absolute atomic E-state index is 5.22. The van der Waals surface area contributed by atoms with Gasteiger partial charge in [0.1, 0.15) is 5.75 Å². The van der Waals surface area contributed by atoms with Crippen molar-refractivity contribution < 1.29 is 4.74 Å². The van der Waals surface area contributed by atoms with Crippen LogP contribution in [0.25, 0.3) is 0 Å². The van der Waals surface area contributed by atoms with Crippen LogP contribution in [0.1, 0.15) is 23.2 Å². The minimum atomic E-state index is 0.865. The molecule has 0 unspecified atom stereocenters. The fourth-order valence-corrected chi connectivity index (χ4v) is 2.67. The van der Waals surface area contributed by atoms with E-state index < -0.39 is 0 Å². The molecule has 4 nitrogen and oxygen atoms in total. The smallest absolute Gasteiger partial charge is 0.133 e. The van der Waals surface area contributed by atoms with Gasteiger partial charge in [-0.05, 0) is 65.5 Å². The number of H-pyrrole nitrogens is 1. The summed E-state index contributed by atoms with van der Waals surface area (Å²) in [5.41, 5.74) is 3.72. The van der Waals surface area contributed by atoms with E-state index in [2.05, 4.69) is 50.5 Å². The quantitative estimate of drug-likeness (QED) is 0.762. The van der Waals surface area contributed by atoms with Gasteiger partial charge >= 0.3 is 0 Å². The molecule has 2 aromatic rings.